The molecule has 0 aromatic heterocycles. The van der Waals surface area contributed by atoms with E-state index in [4.69, 9.17) is 0 Å². The highest BCUT2D eigenvalue weighted by Gasteiger charge is 2.50. The first kappa shape index (κ1) is 10.8. The van der Waals surface area contributed by atoms with Gasteiger partial charge in [0.1, 0.15) is 0 Å². The molecule has 2 aliphatic carbocycles. The maximum atomic E-state index is 3.76. The Morgan fingerprint density at radius 1 is 1.22 bits per heavy atom. The number of hydrogen-bond donors (Lipinski definition) is 1. The van der Waals surface area contributed by atoms with Crippen LogP contribution in [0.3, 0.4) is 0 Å². The highest BCUT2D eigenvalue weighted by molar-refractivity contribution is 5.43. The number of allylic oxidation sites excluding steroid dienone is 1. The van der Waals surface area contributed by atoms with Crippen LogP contribution in [-0.2, 0) is 11.8 Å². The second-order valence-electron chi connectivity index (χ2n) is 6.37. The molecule has 1 N–H and O–H groups in total. The number of hydrogen-bond acceptors (Lipinski definition) is 1. The average molecular weight is 239 g/mol. The van der Waals surface area contributed by atoms with Crippen molar-refractivity contribution in [2.24, 2.45) is 5.92 Å². The normalized spacial score (nSPS) is 37.5. The first-order valence-electron chi connectivity index (χ1n) is 7.29. The number of benzene rings is 1. The van der Waals surface area contributed by atoms with E-state index >= 15 is 0 Å². The number of piperidine rings is 1. The smallest absolute Gasteiger partial charge is 0.0179 e. The maximum absolute atomic E-state index is 3.76. The van der Waals surface area contributed by atoms with Crippen LogP contribution in [0.1, 0.15) is 37.3 Å². The highest BCUT2D eigenvalue weighted by Crippen LogP contribution is 2.52. The summed E-state index contributed by atoms with van der Waals surface area (Å²) >= 11 is 0. The van der Waals surface area contributed by atoms with E-state index in [1.54, 1.807) is 16.7 Å². The molecule has 1 aromatic rings. The summed E-state index contributed by atoms with van der Waals surface area (Å²) in [5.41, 5.74) is 5.31. The van der Waals surface area contributed by atoms with Crippen molar-refractivity contribution in [2.75, 3.05) is 6.54 Å². The van der Waals surface area contributed by atoms with Crippen molar-refractivity contribution >= 4 is 0 Å². The summed E-state index contributed by atoms with van der Waals surface area (Å²) in [6.07, 6.45) is 7.75. The molecule has 0 spiro atoms. The van der Waals surface area contributed by atoms with Crippen LogP contribution in [0, 0.1) is 5.92 Å². The van der Waals surface area contributed by atoms with E-state index in [0.29, 0.717) is 11.5 Å². The Morgan fingerprint density at radius 3 is 3.06 bits per heavy atom. The Morgan fingerprint density at radius 2 is 2.11 bits per heavy atom. The standard InChI is InChI=1S/C17H21N/c1-12-6-7-17-8-9-18-16(15(17)10-12)11-13-4-2-3-5-14(13)17/h2-5,10,15-16,18H,6-9,11H2,1H3/t15-,16+,17-/m0/s1. The molecule has 1 aliphatic heterocycles. The lowest BCUT2D eigenvalue weighted by Crippen LogP contribution is -2.58. The molecule has 18 heavy (non-hydrogen) atoms. The monoisotopic (exact) mass is 239 g/mol. The minimum atomic E-state index is 0.449. The van der Waals surface area contributed by atoms with Crippen molar-refractivity contribution in [3.63, 3.8) is 0 Å². The van der Waals surface area contributed by atoms with E-state index in [-0.39, 0.29) is 0 Å². The van der Waals surface area contributed by atoms with Crippen LogP contribution in [0.2, 0.25) is 0 Å². The van der Waals surface area contributed by atoms with Gasteiger partial charge in [0.25, 0.3) is 0 Å². The Hall–Kier alpha value is -1.08. The van der Waals surface area contributed by atoms with E-state index in [0.717, 1.165) is 5.92 Å². The van der Waals surface area contributed by atoms with Gasteiger partial charge in [0, 0.05) is 17.4 Å². The van der Waals surface area contributed by atoms with Gasteiger partial charge in [0.15, 0.2) is 0 Å². The Labute approximate surface area is 109 Å². The number of nitrogens with one attached hydrogen (secondary N) is 1. The summed E-state index contributed by atoms with van der Waals surface area (Å²) in [5.74, 6) is 0.731. The van der Waals surface area contributed by atoms with Crippen LogP contribution in [0.25, 0.3) is 0 Å². The maximum Gasteiger partial charge on any atom is 0.0179 e. The molecule has 94 valence electrons. The van der Waals surface area contributed by atoms with E-state index in [1.807, 2.05) is 0 Å². The van der Waals surface area contributed by atoms with Gasteiger partial charge in [0.2, 0.25) is 0 Å². The van der Waals surface area contributed by atoms with E-state index in [1.165, 1.54) is 32.2 Å². The molecule has 1 aromatic carbocycles. The zero-order valence-electron chi connectivity index (χ0n) is 11.1. The minimum absolute atomic E-state index is 0.449. The van der Waals surface area contributed by atoms with Crippen LogP contribution in [0.15, 0.2) is 35.9 Å². The van der Waals surface area contributed by atoms with Gasteiger partial charge < -0.3 is 5.32 Å². The number of rotatable bonds is 0. The summed E-state index contributed by atoms with van der Waals surface area (Å²) in [6, 6.07) is 9.86. The van der Waals surface area contributed by atoms with E-state index < -0.39 is 0 Å². The fraction of sp³-hybridized carbons (Fsp3) is 0.529. The first-order valence-corrected chi connectivity index (χ1v) is 7.29. The molecular formula is C17H21N. The summed E-state index contributed by atoms with van der Waals surface area (Å²) in [4.78, 5) is 0. The summed E-state index contributed by atoms with van der Waals surface area (Å²) in [5, 5.41) is 3.76. The molecule has 1 fully saturated rings. The Balaban J connectivity index is 1.93. The minimum Gasteiger partial charge on any atom is -0.313 e. The van der Waals surface area contributed by atoms with Crippen molar-refractivity contribution in [1.82, 2.24) is 5.32 Å². The summed E-state index contributed by atoms with van der Waals surface area (Å²) in [7, 11) is 0. The van der Waals surface area contributed by atoms with Gasteiger partial charge in [-0.1, -0.05) is 35.9 Å². The molecule has 1 saturated heterocycles. The lowest BCUT2D eigenvalue weighted by molar-refractivity contribution is 0.144. The van der Waals surface area contributed by atoms with Crippen molar-refractivity contribution in [3.05, 3.63) is 47.0 Å². The zero-order chi connectivity index (χ0) is 12.2. The Kier molecular flexibility index (Phi) is 2.23. The predicted octanol–water partition coefficient (Wildman–Crippen LogP) is 3.20. The van der Waals surface area contributed by atoms with Crippen LogP contribution in [0.5, 0.6) is 0 Å². The van der Waals surface area contributed by atoms with Gasteiger partial charge in [0.05, 0.1) is 0 Å². The zero-order valence-corrected chi connectivity index (χ0v) is 11.1. The molecule has 0 radical (unpaired) electrons. The topological polar surface area (TPSA) is 12.0 Å². The van der Waals surface area contributed by atoms with E-state index in [9.17, 15) is 0 Å². The van der Waals surface area contributed by atoms with Crippen molar-refractivity contribution < 1.29 is 0 Å². The van der Waals surface area contributed by atoms with Crippen molar-refractivity contribution in [1.29, 1.82) is 0 Å². The predicted molar refractivity (Wildman–Crippen MR) is 74.7 cm³/mol. The van der Waals surface area contributed by atoms with Crippen molar-refractivity contribution in [2.45, 2.75) is 44.1 Å². The van der Waals surface area contributed by atoms with Gasteiger partial charge in [-0.2, -0.15) is 0 Å². The van der Waals surface area contributed by atoms with Crippen LogP contribution in [-0.4, -0.2) is 12.6 Å². The third kappa shape index (κ3) is 1.31. The van der Waals surface area contributed by atoms with Gasteiger partial charge >= 0.3 is 0 Å². The molecule has 0 amide bonds. The molecule has 0 saturated carbocycles. The average Bonchev–Trinajstić information content (AvgIpc) is 2.39. The van der Waals surface area contributed by atoms with Crippen LogP contribution < -0.4 is 5.32 Å². The molecule has 3 aliphatic rings. The molecule has 1 heterocycles. The second-order valence-corrected chi connectivity index (χ2v) is 6.37. The Bertz CT molecular complexity index is 516. The molecule has 1 nitrogen and oxygen atoms in total. The van der Waals surface area contributed by atoms with Crippen molar-refractivity contribution in [3.8, 4) is 0 Å². The van der Waals surface area contributed by atoms with Crippen LogP contribution in [0.4, 0.5) is 0 Å². The molecule has 1 heteroatoms. The molecule has 0 unspecified atom stereocenters. The van der Waals surface area contributed by atoms with E-state index in [2.05, 4.69) is 42.6 Å². The molecule has 4 rings (SSSR count). The third-order valence-electron chi connectivity index (χ3n) is 5.47. The SMILES string of the molecule is CC1=C[C@H]2[C@H]3Cc4ccccc4[C@@]2(CCN3)CC1. The largest absolute Gasteiger partial charge is 0.313 e. The van der Waals surface area contributed by atoms with Gasteiger partial charge in [-0.3, -0.25) is 0 Å². The fourth-order valence-corrected chi connectivity index (χ4v) is 4.61. The fourth-order valence-electron chi connectivity index (χ4n) is 4.61. The molecule has 3 atom stereocenters. The quantitative estimate of drug-likeness (QED) is 0.686. The summed E-state index contributed by atoms with van der Waals surface area (Å²) in [6.45, 7) is 3.51. The van der Waals surface area contributed by atoms with Gasteiger partial charge in [-0.05, 0) is 50.3 Å². The number of fused-ring (bicyclic) bond motifs is 1. The lowest BCUT2D eigenvalue weighted by Gasteiger charge is -2.54. The van der Waals surface area contributed by atoms with Crippen LogP contribution >= 0.6 is 0 Å². The second kappa shape index (κ2) is 3.71. The van der Waals surface area contributed by atoms with Gasteiger partial charge in [-0.25, -0.2) is 0 Å². The molecular weight excluding hydrogens is 218 g/mol. The highest BCUT2D eigenvalue weighted by atomic mass is 15.0. The lowest BCUT2D eigenvalue weighted by atomic mass is 9.54. The third-order valence-corrected chi connectivity index (χ3v) is 5.47. The summed E-state index contributed by atoms with van der Waals surface area (Å²) < 4.78 is 0. The molecule has 2 bridgehead atoms. The van der Waals surface area contributed by atoms with Gasteiger partial charge in [-0.15, -0.1) is 0 Å². The first-order chi connectivity index (χ1) is 8.79.